The highest BCUT2D eigenvalue weighted by Crippen LogP contribution is 2.23. The Hall–Kier alpha value is -1.46. The van der Waals surface area contributed by atoms with E-state index in [1.165, 1.54) is 15.8 Å². The lowest BCUT2D eigenvalue weighted by Gasteiger charge is -2.03. The van der Waals surface area contributed by atoms with E-state index in [4.69, 9.17) is 12.2 Å². The van der Waals surface area contributed by atoms with Crippen LogP contribution in [0.4, 0.5) is 4.39 Å². The van der Waals surface area contributed by atoms with Crippen molar-refractivity contribution in [2.45, 2.75) is 26.8 Å². The molecule has 0 aliphatic rings. The van der Waals surface area contributed by atoms with Gasteiger partial charge in [0.2, 0.25) is 0 Å². The van der Waals surface area contributed by atoms with E-state index in [-0.39, 0.29) is 5.82 Å². The zero-order chi connectivity index (χ0) is 14.3. The molecule has 2 nitrogen and oxygen atoms in total. The van der Waals surface area contributed by atoms with Gasteiger partial charge in [0, 0.05) is 9.75 Å². The molecule has 3 rings (SSSR count). The number of aryl methyl sites for hydroxylation is 2. The van der Waals surface area contributed by atoms with Gasteiger partial charge in [-0.25, -0.2) is 4.39 Å². The molecule has 0 radical (unpaired) electrons. The minimum absolute atomic E-state index is 0.203. The van der Waals surface area contributed by atoms with Crippen molar-refractivity contribution in [1.82, 2.24) is 9.55 Å². The molecule has 0 spiro atoms. The van der Waals surface area contributed by atoms with E-state index in [1.807, 2.05) is 10.6 Å². The Bertz CT molecular complexity index is 826. The van der Waals surface area contributed by atoms with Gasteiger partial charge < -0.3 is 9.55 Å². The second kappa shape index (κ2) is 5.14. The number of nitrogens with one attached hydrogen (secondary N) is 1. The second-order valence-electron chi connectivity index (χ2n) is 4.86. The van der Waals surface area contributed by atoms with Crippen LogP contribution in [0.15, 0.2) is 24.3 Å². The zero-order valence-electron chi connectivity index (χ0n) is 11.4. The molecular weight excluding hydrogens is 291 g/mol. The number of halogens is 1. The van der Waals surface area contributed by atoms with E-state index in [1.54, 1.807) is 18.3 Å². The number of aromatic nitrogens is 2. The van der Waals surface area contributed by atoms with Gasteiger partial charge in [-0.3, -0.25) is 0 Å². The fourth-order valence-electron chi connectivity index (χ4n) is 2.29. The Morgan fingerprint density at radius 2 is 2.05 bits per heavy atom. The van der Waals surface area contributed by atoms with Gasteiger partial charge in [0.1, 0.15) is 5.82 Å². The first-order valence-electron chi connectivity index (χ1n) is 6.54. The van der Waals surface area contributed by atoms with Crippen molar-refractivity contribution < 1.29 is 4.39 Å². The fraction of sp³-hybridized carbons (Fsp3) is 0.267. The molecule has 0 saturated heterocycles. The Morgan fingerprint density at radius 3 is 2.75 bits per heavy atom. The van der Waals surface area contributed by atoms with Crippen LogP contribution in [-0.4, -0.2) is 9.55 Å². The first-order valence-corrected chi connectivity index (χ1v) is 7.77. The zero-order valence-corrected chi connectivity index (χ0v) is 13.0. The summed E-state index contributed by atoms with van der Waals surface area (Å²) in [5.41, 5.74) is 2.35. The van der Waals surface area contributed by atoms with Gasteiger partial charge in [0.15, 0.2) is 4.77 Å². The van der Waals surface area contributed by atoms with Gasteiger partial charge in [0.25, 0.3) is 0 Å². The smallest absolute Gasteiger partial charge is 0.178 e. The Kier molecular flexibility index (Phi) is 3.48. The predicted octanol–water partition coefficient (Wildman–Crippen LogP) is 4.82. The highest BCUT2D eigenvalue weighted by molar-refractivity contribution is 7.71. The number of H-pyrrole nitrogens is 1. The molecule has 0 fully saturated rings. The minimum atomic E-state index is -0.203. The Balaban J connectivity index is 2.08. The molecule has 0 amide bonds. The van der Waals surface area contributed by atoms with Gasteiger partial charge in [-0.2, -0.15) is 0 Å². The van der Waals surface area contributed by atoms with Gasteiger partial charge in [-0.1, -0.05) is 6.92 Å². The number of hydrogen-bond acceptors (Lipinski definition) is 2. The van der Waals surface area contributed by atoms with Crippen molar-refractivity contribution in [2.24, 2.45) is 0 Å². The molecule has 0 unspecified atom stereocenters. The average Bonchev–Trinajstić information content (AvgIpc) is 2.98. The molecule has 0 atom stereocenters. The normalized spacial score (nSPS) is 11.3. The summed E-state index contributed by atoms with van der Waals surface area (Å²) in [6.45, 7) is 4.66. The summed E-state index contributed by atoms with van der Waals surface area (Å²) in [4.78, 5) is 5.71. The number of thiophene rings is 1. The number of benzene rings is 1. The maximum absolute atomic E-state index is 13.6. The Labute approximate surface area is 125 Å². The molecule has 0 aliphatic heterocycles. The summed E-state index contributed by atoms with van der Waals surface area (Å²) < 4.78 is 16.3. The third-order valence-electron chi connectivity index (χ3n) is 3.43. The van der Waals surface area contributed by atoms with Crippen LogP contribution in [0, 0.1) is 17.5 Å². The number of imidazole rings is 1. The van der Waals surface area contributed by atoms with Crippen LogP contribution in [-0.2, 0) is 13.0 Å². The summed E-state index contributed by atoms with van der Waals surface area (Å²) in [6, 6.07) is 7.66. The summed E-state index contributed by atoms with van der Waals surface area (Å²) in [6.07, 6.45) is 1.05. The van der Waals surface area contributed by atoms with E-state index >= 15 is 0 Å². The van der Waals surface area contributed by atoms with Crippen molar-refractivity contribution in [3.63, 3.8) is 0 Å². The SMILES string of the molecule is CCc1ccc(Cn2c(=S)[nH]c3cc(F)c(C)cc32)s1. The van der Waals surface area contributed by atoms with Crippen LogP contribution in [0.2, 0.25) is 0 Å². The van der Waals surface area contributed by atoms with Gasteiger partial charge in [0.05, 0.1) is 17.6 Å². The largest absolute Gasteiger partial charge is 0.330 e. The molecule has 1 N–H and O–H groups in total. The average molecular weight is 306 g/mol. The van der Waals surface area contributed by atoms with Crippen molar-refractivity contribution in [2.75, 3.05) is 0 Å². The third-order valence-corrected chi connectivity index (χ3v) is 4.97. The van der Waals surface area contributed by atoms with Gasteiger partial charge >= 0.3 is 0 Å². The topological polar surface area (TPSA) is 20.7 Å². The number of aromatic amines is 1. The van der Waals surface area contributed by atoms with Crippen LogP contribution >= 0.6 is 23.6 Å². The molecule has 104 valence electrons. The standard InChI is InChI=1S/C15H15FN2S2/c1-3-10-4-5-11(20-10)8-18-14-6-9(2)12(16)7-13(14)17-15(18)19/h4-7H,3,8H2,1-2H3,(H,17,19). The van der Waals surface area contributed by atoms with Gasteiger partial charge in [-0.15, -0.1) is 11.3 Å². The lowest BCUT2D eigenvalue weighted by Crippen LogP contribution is -1.98. The summed E-state index contributed by atoms with van der Waals surface area (Å²) >= 11 is 7.16. The van der Waals surface area contributed by atoms with Crippen molar-refractivity contribution in [1.29, 1.82) is 0 Å². The molecule has 0 aliphatic carbocycles. The highest BCUT2D eigenvalue weighted by Gasteiger charge is 2.09. The number of rotatable bonds is 3. The molecule has 1 aromatic carbocycles. The van der Waals surface area contributed by atoms with Gasteiger partial charge in [-0.05, 0) is 55.4 Å². The van der Waals surface area contributed by atoms with Crippen LogP contribution < -0.4 is 0 Å². The van der Waals surface area contributed by atoms with E-state index in [0.29, 0.717) is 10.3 Å². The van der Waals surface area contributed by atoms with Crippen LogP contribution in [0.1, 0.15) is 22.2 Å². The van der Waals surface area contributed by atoms with E-state index < -0.39 is 0 Å². The van der Waals surface area contributed by atoms with E-state index in [2.05, 4.69) is 24.0 Å². The first kappa shape index (κ1) is 13.5. The van der Waals surface area contributed by atoms with Crippen LogP contribution in [0.3, 0.4) is 0 Å². The second-order valence-corrected chi connectivity index (χ2v) is 6.50. The number of hydrogen-bond donors (Lipinski definition) is 1. The Morgan fingerprint density at radius 1 is 1.30 bits per heavy atom. The molecule has 5 heteroatoms. The van der Waals surface area contributed by atoms with Crippen molar-refractivity contribution >= 4 is 34.6 Å². The molecule has 2 aromatic heterocycles. The molecule has 3 aromatic rings. The molecule has 0 saturated carbocycles. The molecular formula is C15H15FN2S2. The first-order chi connectivity index (χ1) is 9.58. The summed E-state index contributed by atoms with van der Waals surface area (Å²) in [5.74, 6) is -0.203. The summed E-state index contributed by atoms with van der Waals surface area (Å²) in [7, 11) is 0. The number of fused-ring (bicyclic) bond motifs is 1. The predicted molar refractivity (Wildman–Crippen MR) is 84.6 cm³/mol. The monoisotopic (exact) mass is 306 g/mol. The number of nitrogens with zero attached hydrogens (tertiary/aromatic N) is 1. The molecule has 0 bridgehead atoms. The maximum atomic E-state index is 13.6. The van der Waals surface area contributed by atoms with Crippen LogP contribution in [0.5, 0.6) is 0 Å². The summed E-state index contributed by atoms with van der Waals surface area (Å²) in [5, 5.41) is 0. The molecule has 2 heterocycles. The lowest BCUT2D eigenvalue weighted by atomic mass is 10.2. The van der Waals surface area contributed by atoms with E-state index in [9.17, 15) is 4.39 Å². The minimum Gasteiger partial charge on any atom is -0.330 e. The van der Waals surface area contributed by atoms with Crippen molar-refractivity contribution in [3.8, 4) is 0 Å². The van der Waals surface area contributed by atoms with Crippen molar-refractivity contribution in [3.05, 3.63) is 50.2 Å². The lowest BCUT2D eigenvalue weighted by molar-refractivity contribution is 0.620. The third kappa shape index (κ3) is 2.31. The molecule has 20 heavy (non-hydrogen) atoms. The van der Waals surface area contributed by atoms with E-state index in [0.717, 1.165) is 24.0 Å². The fourth-order valence-corrected chi connectivity index (χ4v) is 3.51. The highest BCUT2D eigenvalue weighted by atomic mass is 32.1. The maximum Gasteiger partial charge on any atom is 0.178 e. The quantitative estimate of drug-likeness (QED) is 0.688. The van der Waals surface area contributed by atoms with Crippen LogP contribution in [0.25, 0.3) is 11.0 Å².